The van der Waals surface area contributed by atoms with Gasteiger partial charge in [0.25, 0.3) is 0 Å². The van der Waals surface area contributed by atoms with E-state index in [9.17, 15) is 4.39 Å². The minimum atomic E-state index is -0.328. The Hall–Kier alpha value is -1.68. The van der Waals surface area contributed by atoms with E-state index in [4.69, 9.17) is 11.6 Å². The van der Waals surface area contributed by atoms with Crippen molar-refractivity contribution in [2.75, 3.05) is 0 Å². The molecule has 3 aromatic rings. The number of hydrogen-bond donors (Lipinski definition) is 0. The third kappa shape index (κ3) is 1.18. The first-order valence-corrected chi connectivity index (χ1v) is 4.70. The van der Waals surface area contributed by atoms with Crippen molar-refractivity contribution in [2.45, 2.75) is 0 Å². The molecular formula is C10H5ClFN3. The summed E-state index contributed by atoms with van der Waals surface area (Å²) in [4.78, 5) is 8.08. The first-order chi connectivity index (χ1) is 7.25. The van der Waals surface area contributed by atoms with Gasteiger partial charge in [-0.1, -0.05) is 11.6 Å². The van der Waals surface area contributed by atoms with Gasteiger partial charge in [-0.15, -0.1) is 0 Å². The summed E-state index contributed by atoms with van der Waals surface area (Å²) in [5.41, 5.74) is 2.02. The van der Waals surface area contributed by atoms with E-state index in [1.54, 1.807) is 23.0 Å². The van der Waals surface area contributed by atoms with Crippen LogP contribution in [0, 0.1) is 5.82 Å². The molecule has 0 amide bonds. The summed E-state index contributed by atoms with van der Waals surface area (Å²) in [6, 6.07) is 4.39. The molecule has 0 radical (unpaired) electrons. The van der Waals surface area contributed by atoms with Crippen LogP contribution in [0.15, 0.2) is 30.7 Å². The number of aromatic nitrogens is 3. The zero-order valence-corrected chi connectivity index (χ0v) is 8.24. The van der Waals surface area contributed by atoms with Crippen LogP contribution in [0.1, 0.15) is 0 Å². The normalized spacial score (nSPS) is 11.3. The molecule has 0 saturated carbocycles. The Kier molecular flexibility index (Phi) is 1.67. The molecule has 5 heteroatoms. The Bertz CT molecular complexity index is 662. The molecule has 2 heterocycles. The van der Waals surface area contributed by atoms with Crippen LogP contribution < -0.4 is 0 Å². The number of hydrogen-bond acceptors (Lipinski definition) is 2. The minimum Gasteiger partial charge on any atom is -0.294 e. The van der Waals surface area contributed by atoms with Crippen LogP contribution in [0.5, 0.6) is 0 Å². The Labute approximate surface area is 89.1 Å². The predicted octanol–water partition coefficient (Wildman–Crippen LogP) is 2.68. The zero-order valence-electron chi connectivity index (χ0n) is 7.48. The van der Waals surface area contributed by atoms with E-state index < -0.39 is 0 Å². The number of imidazole rings is 1. The van der Waals surface area contributed by atoms with Gasteiger partial charge in [-0.05, 0) is 12.1 Å². The highest BCUT2D eigenvalue weighted by atomic mass is 35.5. The Morgan fingerprint density at radius 1 is 1.27 bits per heavy atom. The van der Waals surface area contributed by atoms with Gasteiger partial charge in [0.05, 0.1) is 23.6 Å². The molecule has 0 unspecified atom stereocenters. The van der Waals surface area contributed by atoms with Gasteiger partial charge >= 0.3 is 0 Å². The van der Waals surface area contributed by atoms with Crippen LogP contribution >= 0.6 is 11.6 Å². The number of nitrogens with zero attached hydrogens (tertiary/aromatic N) is 3. The van der Waals surface area contributed by atoms with E-state index in [0.29, 0.717) is 10.7 Å². The summed E-state index contributed by atoms with van der Waals surface area (Å²) in [6.07, 6.45) is 3.25. The van der Waals surface area contributed by atoms with Crippen molar-refractivity contribution < 1.29 is 4.39 Å². The third-order valence-corrected chi connectivity index (χ3v) is 2.54. The van der Waals surface area contributed by atoms with Crippen LogP contribution in [-0.4, -0.2) is 14.4 Å². The Morgan fingerprint density at radius 3 is 3.00 bits per heavy atom. The molecular weight excluding hydrogens is 217 g/mol. The van der Waals surface area contributed by atoms with E-state index in [1.165, 1.54) is 12.1 Å². The summed E-state index contributed by atoms with van der Waals surface area (Å²) in [7, 11) is 0. The van der Waals surface area contributed by atoms with E-state index in [-0.39, 0.29) is 5.82 Å². The van der Waals surface area contributed by atoms with E-state index in [0.717, 1.165) is 11.0 Å². The molecule has 0 saturated heterocycles. The number of benzene rings is 1. The second kappa shape index (κ2) is 2.90. The van der Waals surface area contributed by atoms with Gasteiger partial charge in [-0.3, -0.25) is 4.40 Å². The van der Waals surface area contributed by atoms with Gasteiger partial charge in [-0.2, -0.15) is 0 Å². The van der Waals surface area contributed by atoms with Gasteiger partial charge in [0.2, 0.25) is 0 Å². The lowest BCUT2D eigenvalue weighted by Crippen LogP contribution is -1.91. The summed E-state index contributed by atoms with van der Waals surface area (Å²) in [5.74, 6) is -0.328. The van der Waals surface area contributed by atoms with Crippen molar-refractivity contribution in [1.82, 2.24) is 14.4 Å². The van der Waals surface area contributed by atoms with Crippen LogP contribution in [0.4, 0.5) is 4.39 Å². The van der Waals surface area contributed by atoms with E-state index in [1.807, 2.05) is 0 Å². The highest BCUT2D eigenvalue weighted by Gasteiger charge is 2.06. The molecule has 3 nitrogen and oxygen atoms in total. The topological polar surface area (TPSA) is 30.2 Å². The summed E-state index contributed by atoms with van der Waals surface area (Å²) < 4.78 is 14.8. The number of fused-ring (bicyclic) bond motifs is 3. The standard InChI is InChI=1S/C10H5ClFN3/c11-10-9-4-13-5-15(9)8-2-1-6(12)3-7(8)14-10/h1-5H. The van der Waals surface area contributed by atoms with Crippen molar-refractivity contribution in [3.63, 3.8) is 0 Å². The fourth-order valence-electron chi connectivity index (χ4n) is 1.59. The monoisotopic (exact) mass is 221 g/mol. The summed E-state index contributed by atoms with van der Waals surface area (Å²) >= 11 is 5.94. The molecule has 2 aromatic heterocycles. The molecule has 15 heavy (non-hydrogen) atoms. The molecule has 0 bridgehead atoms. The van der Waals surface area contributed by atoms with Gasteiger partial charge in [0.1, 0.15) is 11.3 Å². The highest BCUT2D eigenvalue weighted by Crippen LogP contribution is 2.21. The zero-order chi connectivity index (χ0) is 10.4. The van der Waals surface area contributed by atoms with Crippen molar-refractivity contribution in [3.05, 3.63) is 41.7 Å². The maximum atomic E-state index is 13.0. The lowest BCUT2D eigenvalue weighted by atomic mass is 10.3. The SMILES string of the molecule is Fc1ccc2c(c1)nc(Cl)c1cncn12. The van der Waals surface area contributed by atoms with Gasteiger partial charge in [0, 0.05) is 6.07 Å². The number of rotatable bonds is 0. The molecule has 0 aliphatic carbocycles. The van der Waals surface area contributed by atoms with Gasteiger partial charge < -0.3 is 0 Å². The fourth-order valence-corrected chi connectivity index (χ4v) is 1.82. The Morgan fingerprint density at radius 2 is 2.13 bits per heavy atom. The lowest BCUT2D eigenvalue weighted by Gasteiger charge is -2.02. The second-order valence-electron chi connectivity index (χ2n) is 3.18. The third-order valence-electron chi connectivity index (χ3n) is 2.27. The maximum absolute atomic E-state index is 13.0. The number of halogens is 2. The first kappa shape index (κ1) is 8.61. The molecule has 74 valence electrons. The molecule has 0 N–H and O–H groups in total. The molecule has 0 atom stereocenters. The average Bonchev–Trinajstić information content (AvgIpc) is 2.66. The van der Waals surface area contributed by atoms with Gasteiger partial charge in [-0.25, -0.2) is 14.4 Å². The van der Waals surface area contributed by atoms with E-state index >= 15 is 0 Å². The largest absolute Gasteiger partial charge is 0.294 e. The molecule has 0 aliphatic rings. The maximum Gasteiger partial charge on any atom is 0.155 e. The molecule has 0 spiro atoms. The van der Waals surface area contributed by atoms with Crippen LogP contribution in [0.25, 0.3) is 16.6 Å². The quantitative estimate of drug-likeness (QED) is 0.584. The molecule has 0 aliphatic heterocycles. The summed E-state index contributed by atoms with van der Waals surface area (Å²) in [5, 5.41) is 0.325. The second-order valence-corrected chi connectivity index (χ2v) is 3.54. The van der Waals surface area contributed by atoms with Crippen LogP contribution in [0.2, 0.25) is 5.15 Å². The minimum absolute atomic E-state index is 0.325. The summed E-state index contributed by atoms with van der Waals surface area (Å²) in [6.45, 7) is 0. The smallest absolute Gasteiger partial charge is 0.155 e. The first-order valence-electron chi connectivity index (χ1n) is 4.32. The molecule has 1 aromatic carbocycles. The van der Waals surface area contributed by atoms with E-state index in [2.05, 4.69) is 9.97 Å². The highest BCUT2D eigenvalue weighted by molar-refractivity contribution is 6.33. The van der Waals surface area contributed by atoms with Gasteiger partial charge in [0.15, 0.2) is 5.15 Å². The molecule has 3 rings (SSSR count). The predicted molar refractivity (Wildman–Crippen MR) is 55.5 cm³/mol. The lowest BCUT2D eigenvalue weighted by molar-refractivity contribution is 0.629. The van der Waals surface area contributed by atoms with Crippen molar-refractivity contribution in [2.24, 2.45) is 0 Å². The van der Waals surface area contributed by atoms with Crippen molar-refractivity contribution in [3.8, 4) is 0 Å². The average molecular weight is 222 g/mol. The van der Waals surface area contributed by atoms with Crippen LogP contribution in [-0.2, 0) is 0 Å². The molecule has 0 fully saturated rings. The fraction of sp³-hybridized carbons (Fsp3) is 0. The van der Waals surface area contributed by atoms with Crippen molar-refractivity contribution >= 4 is 28.2 Å². The Balaban J connectivity index is 2.60. The van der Waals surface area contributed by atoms with Crippen LogP contribution in [0.3, 0.4) is 0 Å². The van der Waals surface area contributed by atoms with Crippen molar-refractivity contribution in [1.29, 1.82) is 0 Å².